The van der Waals surface area contributed by atoms with Crippen molar-refractivity contribution in [3.8, 4) is 0 Å². The average Bonchev–Trinajstić information content (AvgIpc) is 2.65. The summed E-state index contributed by atoms with van der Waals surface area (Å²) in [6.45, 7) is 4.33. The van der Waals surface area contributed by atoms with E-state index in [0.717, 1.165) is 12.5 Å². The standard InChI is InChI=1S/C15H16FNO3/c1-3-9(2)8-17-14-10(5-4-6-12(14)16)11(15(17)20)7-13(18)19/h4-7,9H,3,8H2,1-2H3,(H,18,19)/b11-7+/t9-/m0/s1. The number of carbonyl (C=O) groups excluding carboxylic acids is 1. The molecule has 0 aromatic heterocycles. The molecule has 1 heterocycles. The van der Waals surface area contributed by atoms with Gasteiger partial charge in [-0.3, -0.25) is 4.79 Å². The third-order valence-corrected chi connectivity index (χ3v) is 3.48. The Morgan fingerprint density at radius 3 is 2.80 bits per heavy atom. The van der Waals surface area contributed by atoms with Gasteiger partial charge in [-0.15, -0.1) is 0 Å². The van der Waals surface area contributed by atoms with Gasteiger partial charge in [-0.1, -0.05) is 32.4 Å². The number of para-hydroxylation sites is 1. The summed E-state index contributed by atoms with van der Waals surface area (Å²) in [5.74, 6) is -1.97. The molecule has 0 saturated heterocycles. The summed E-state index contributed by atoms with van der Waals surface area (Å²) < 4.78 is 14.0. The van der Waals surface area contributed by atoms with Crippen LogP contribution in [0.3, 0.4) is 0 Å². The molecular weight excluding hydrogens is 261 g/mol. The van der Waals surface area contributed by atoms with E-state index in [1.54, 1.807) is 6.07 Å². The first-order chi connectivity index (χ1) is 9.45. The maximum absolute atomic E-state index is 14.0. The molecule has 0 radical (unpaired) electrons. The maximum atomic E-state index is 14.0. The highest BCUT2D eigenvalue weighted by molar-refractivity contribution is 6.34. The highest BCUT2D eigenvalue weighted by atomic mass is 19.1. The molecule has 1 aliphatic heterocycles. The Hall–Kier alpha value is -2.17. The number of rotatable bonds is 4. The first kappa shape index (κ1) is 14.2. The van der Waals surface area contributed by atoms with Gasteiger partial charge in [0.2, 0.25) is 0 Å². The van der Waals surface area contributed by atoms with Gasteiger partial charge < -0.3 is 10.0 Å². The highest BCUT2D eigenvalue weighted by Gasteiger charge is 2.35. The maximum Gasteiger partial charge on any atom is 0.329 e. The summed E-state index contributed by atoms with van der Waals surface area (Å²) in [5.41, 5.74) is 0.571. The van der Waals surface area contributed by atoms with Crippen LogP contribution in [0, 0.1) is 11.7 Å². The minimum absolute atomic E-state index is 0.0373. The third kappa shape index (κ3) is 2.43. The number of carboxylic acids is 1. The van der Waals surface area contributed by atoms with Gasteiger partial charge in [0.15, 0.2) is 0 Å². The lowest BCUT2D eigenvalue weighted by atomic mass is 10.1. The van der Waals surface area contributed by atoms with Crippen LogP contribution in [0.2, 0.25) is 0 Å². The normalized spacial score (nSPS) is 17.4. The lowest BCUT2D eigenvalue weighted by Crippen LogP contribution is -2.31. The van der Waals surface area contributed by atoms with Crippen LogP contribution in [0.4, 0.5) is 10.1 Å². The van der Waals surface area contributed by atoms with Crippen molar-refractivity contribution in [3.05, 3.63) is 35.7 Å². The van der Waals surface area contributed by atoms with Gasteiger partial charge in [-0.2, -0.15) is 0 Å². The van der Waals surface area contributed by atoms with E-state index in [0.29, 0.717) is 12.1 Å². The van der Waals surface area contributed by atoms with Gasteiger partial charge in [0.1, 0.15) is 5.82 Å². The summed E-state index contributed by atoms with van der Waals surface area (Å²) >= 11 is 0. The summed E-state index contributed by atoms with van der Waals surface area (Å²) in [6.07, 6.45) is 1.70. The summed E-state index contributed by atoms with van der Waals surface area (Å²) in [4.78, 5) is 24.5. The number of halogens is 1. The van der Waals surface area contributed by atoms with Crippen molar-refractivity contribution < 1.29 is 19.1 Å². The molecule has 1 aliphatic rings. The first-order valence-electron chi connectivity index (χ1n) is 6.51. The van der Waals surface area contributed by atoms with E-state index < -0.39 is 17.7 Å². The number of carboxylic acid groups (broad SMARTS) is 1. The Labute approximate surface area is 116 Å². The molecule has 106 valence electrons. The van der Waals surface area contributed by atoms with E-state index in [1.807, 2.05) is 13.8 Å². The van der Waals surface area contributed by atoms with E-state index in [9.17, 15) is 14.0 Å². The van der Waals surface area contributed by atoms with Crippen molar-refractivity contribution in [1.29, 1.82) is 0 Å². The molecule has 0 unspecified atom stereocenters. The second-order valence-corrected chi connectivity index (χ2v) is 4.96. The predicted molar refractivity (Wildman–Crippen MR) is 73.8 cm³/mol. The number of hydrogen-bond acceptors (Lipinski definition) is 2. The van der Waals surface area contributed by atoms with E-state index in [-0.39, 0.29) is 17.2 Å². The average molecular weight is 277 g/mol. The van der Waals surface area contributed by atoms with Crippen molar-refractivity contribution in [1.82, 2.24) is 0 Å². The fourth-order valence-electron chi connectivity index (χ4n) is 2.25. The molecule has 4 nitrogen and oxygen atoms in total. The minimum atomic E-state index is -1.21. The van der Waals surface area contributed by atoms with E-state index >= 15 is 0 Å². The molecular formula is C15H16FNO3. The summed E-state index contributed by atoms with van der Waals surface area (Å²) in [6, 6.07) is 4.32. The zero-order valence-electron chi connectivity index (χ0n) is 11.4. The van der Waals surface area contributed by atoms with Crippen molar-refractivity contribution >= 4 is 23.1 Å². The predicted octanol–water partition coefficient (Wildman–Crippen LogP) is 2.69. The molecule has 1 N–H and O–H groups in total. The number of fused-ring (bicyclic) bond motifs is 1. The van der Waals surface area contributed by atoms with Gasteiger partial charge in [-0.25, -0.2) is 9.18 Å². The molecule has 1 aromatic carbocycles. The monoisotopic (exact) mass is 277 g/mol. The van der Waals surface area contributed by atoms with Crippen LogP contribution < -0.4 is 4.90 Å². The Kier molecular flexibility index (Phi) is 3.88. The van der Waals surface area contributed by atoms with Crippen LogP contribution in [0.15, 0.2) is 24.3 Å². The first-order valence-corrected chi connectivity index (χ1v) is 6.51. The number of benzene rings is 1. The fraction of sp³-hybridized carbons (Fsp3) is 0.333. The SMILES string of the molecule is CC[C@H](C)CN1C(=O)/C(=C/C(=O)O)c2cccc(F)c21. The minimum Gasteiger partial charge on any atom is -0.478 e. The van der Waals surface area contributed by atoms with Crippen LogP contribution in [0.5, 0.6) is 0 Å². The van der Waals surface area contributed by atoms with E-state index in [1.165, 1.54) is 17.0 Å². The Morgan fingerprint density at radius 1 is 1.50 bits per heavy atom. The van der Waals surface area contributed by atoms with Crippen LogP contribution in [0.25, 0.3) is 5.57 Å². The third-order valence-electron chi connectivity index (χ3n) is 3.48. The molecule has 5 heteroatoms. The molecule has 0 spiro atoms. The van der Waals surface area contributed by atoms with Gasteiger partial charge in [0, 0.05) is 18.2 Å². The van der Waals surface area contributed by atoms with Gasteiger partial charge in [0.05, 0.1) is 11.3 Å². The molecule has 1 aromatic rings. The summed E-state index contributed by atoms with van der Waals surface area (Å²) in [7, 11) is 0. The smallest absolute Gasteiger partial charge is 0.329 e. The molecule has 1 amide bonds. The number of anilines is 1. The van der Waals surface area contributed by atoms with Crippen LogP contribution in [-0.4, -0.2) is 23.5 Å². The molecule has 0 fully saturated rings. The highest BCUT2D eigenvalue weighted by Crippen LogP contribution is 2.39. The van der Waals surface area contributed by atoms with E-state index in [2.05, 4.69) is 0 Å². The summed E-state index contributed by atoms with van der Waals surface area (Å²) in [5, 5.41) is 8.86. The van der Waals surface area contributed by atoms with Crippen molar-refractivity contribution in [2.75, 3.05) is 11.4 Å². The topological polar surface area (TPSA) is 57.6 Å². The Bertz CT molecular complexity index is 595. The molecule has 0 saturated carbocycles. The van der Waals surface area contributed by atoms with Crippen molar-refractivity contribution in [2.45, 2.75) is 20.3 Å². The number of aliphatic carboxylic acids is 1. The lowest BCUT2D eigenvalue weighted by molar-refractivity contribution is -0.131. The largest absolute Gasteiger partial charge is 0.478 e. The quantitative estimate of drug-likeness (QED) is 0.861. The second-order valence-electron chi connectivity index (χ2n) is 4.96. The number of amides is 1. The van der Waals surface area contributed by atoms with E-state index in [4.69, 9.17) is 5.11 Å². The molecule has 0 aliphatic carbocycles. The van der Waals surface area contributed by atoms with Crippen LogP contribution in [0.1, 0.15) is 25.8 Å². The number of nitrogens with zero attached hydrogens (tertiary/aromatic N) is 1. The molecule has 20 heavy (non-hydrogen) atoms. The molecule has 2 rings (SSSR count). The van der Waals surface area contributed by atoms with Crippen LogP contribution in [-0.2, 0) is 9.59 Å². The zero-order chi connectivity index (χ0) is 14.9. The van der Waals surface area contributed by atoms with Crippen LogP contribution >= 0.6 is 0 Å². The second kappa shape index (κ2) is 5.45. The molecule has 0 bridgehead atoms. The molecule has 1 atom stereocenters. The van der Waals surface area contributed by atoms with Gasteiger partial charge in [0.25, 0.3) is 5.91 Å². The Balaban J connectivity index is 2.53. The van der Waals surface area contributed by atoms with Gasteiger partial charge >= 0.3 is 5.97 Å². The zero-order valence-corrected chi connectivity index (χ0v) is 11.4. The number of hydrogen-bond donors (Lipinski definition) is 1. The van der Waals surface area contributed by atoms with Crippen molar-refractivity contribution in [2.24, 2.45) is 5.92 Å². The van der Waals surface area contributed by atoms with Crippen molar-refractivity contribution in [3.63, 3.8) is 0 Å². The number of carbonyl (C=O) groups is 2. The van der Waals surface area contributed by atoms with Gasteiger partial charge in [-0.05, 0) is 12.0 Å². The fourth-order valence-corrected chi connectivity index (χ4v) is 2.25. The lowest BCUT2D eigenvalue weighted by Gasteiger charge is -2.21. The Morgan fingerprint density at radius 2 is 2.20 bits per heavy atom.